The zero-order chi connectivity index (χ0) is 15.7. The summed E-state index contributed by atoms with van der Waals surface area (Å²) in [5.41, 5.74) is 0.383. The lowest BCUT2D eigenvalue weighted by molar-refractivity contribution is 0.103. The minimum absolute atomic E-state index is 0.0401. The van der Waals surface area contributed by atoms with Gasteiger partial charge in [0.2, 0.25) is 10.0 Å². The molecule has 0 atom stereocenters. The highest BCUT2D eigenvalue weighted by Crippen LogP contribution is 2.26. The Morgan fingerprint density at radius 3 is 2.55 bits per heavy atom. The zero-order valence-electron chi connectivity index (χ0n) is 11.3. The van der Waals surface area contributed by atoms with Crippen LogP contribution in [0.15, 0.2) is 59.5 Å². The van der Waals surface area contributed by atoms with Crippen molar-refractivity contribution in [3.8, 4) is 0 Å². The van der Waals surface area contributed by atoms with Crippen LogP contribution in [0.25, 0.3) is 10.1 Å². The summed E-state index contributed by atoms with van der Waals surface area (Å²) in [6.07, 6.45) is 0. The van der Waals surface area contributed by atoms with Gasteiger partial charge in [0, 0.05) is 10.4 Å². The molecule has 0 spiro atoms. The molecule has 7 heteroatoms. The number of hydrogen-bond acceptors (Lipinski definition) is 4. The number of nitrogens with two attached hydrogens (primary N) is 1. The molecule has 0 aliphatic carbocycles. The molecule has 3 N–H and O–H groups in total. The first kappa shape index (κ1) is 14.7. The first-order chi connectivity index (χ1) is 10.4. The predicted molar refractivity (Wildman–Crippen MR) is 87.6 cm³/mol. The Kier molecular flexibility index (Phi) is 3.69. The van der Waals surface area contributed by atoms with Gasteiger partial charge in [-0.3, -0.25) is 4.79 Å². The average Bonchev–Trinajstić information content (AvgIpc) is 2.90. The number of hydrogen-bond donors (Lipinski definition) is 2. The lowest BCUT2D eigenvalue weighted by Gasteiger charge is -2.05. The number of primary sulfonamides is 1. The van der Waals surface area contributed by atoms with Crippen LogP contribution in [-0.2, 0) is 10.0 Å². The highest BCUT2D eigenvalue weighted by Gasteiger charge is 2.12. The molecular weight excluding hydrogens is 320 g/mol. The van der Waals surface area contributed by atoms with E-state index in [-0.39, 0.29) is 10.8 Å². The van der Waals surface area contributed by atoms with E-state index in [1.807, 2.05) is 24.3 Å². The lowest BCUT2D eigenvalue weighted by Crippen LogP contribution is -2.14. The molecule has 0 unspecified atom stereocenters. The number of rotatable bonds is 3. The first-order valence-corrected chi connectivity index (χ1v) is 8.72. The molecule has 2 aromatic carbocycles. The van der Waals surface area contributed by atoms with Crippen molar-refractivity contribution in [1.82, 2.24) is 0 Å². The van der Waals surface area contributed by atoms with E-state index in [1.165, 1.54) is 29.5 Å². The summed E-state index contributed by atoms with van der Waals surface area (Å²) in [5.74, 6) is -0.284. The molecule has 112 valence electrons. The average molecular weight is 332 g/mol. The van der Waals surface area contributed by atoms with E-state index in [0.717, 1.165) is 10.1 Å². The van der Waals surface area contributed by atoms with Crippen molar-refractivity contribution < 1.29 is 13.2 Å². The monoisotopic (exact) mass is 332 g/mol. The van der Waals surface area contributed by atoms with E-state index >= 15 is 0 Å². The predicted octanol–water partition coefficient (Wildman–Crippen LogP) is 2.80. The molecule has 22 heavy (non-hydrogen) atoms. The van der Waals surface area contributed by atoms with Gasteiger partial charge in [0.1, 0.15) is 0 Å². The molecule has 0 bridgehead atoms. The lowest BCUT2D eigenvalue weighted by atomic mass is 10.2. The van der Waals surface area contributed by atoms with Gasteiger partial charge >= 0.3 is 0 Å². The van der Waals surface area contributed by atoms with Crippen molar-refractivity contribution in [2.24, 2.45) is 5.14 Å². The van der Waals surface area contributed by atoms with Gasteiger partial charge in [-0.15, -0.1) is 11.3 Å². The van der Waals surface area contributed by atoms with Crippen LogP contribution in [-0.4, -0.2) is 14.3 Å². The maximum atomic E-state index is 12.3. The molecule has 0 aliphatic rings. The van der Waals surface area contributed by atoms with Crippen LogP contribution in [0.3, 0.4) is 0 Å². The van der Waals surface area contributed by atoms with Crippen LogP contribution in [0, 0.1) is 0 Å². The van der Waals surface area contributed by atoms with Crippen LogP contribution < -0.4 is 10.5 Å². The van der Waals surface area contributed by atoms with Crippen LogP contribution in [0.5, 0.6) is 0 Å². The van der Waals surface area contributed by atoms with Gasteiger partial charge in [0.15, 0.2) is 0 Å². The molecule has 0 saturated heterocycles. The largest absolute Gasteiger partial charge is 0.321 e. The quantitative estimate of drug-likeness (QED) is 0.773. The van der Waals surface area contributed by atoms with E-state index in [2.05, 4.69) is 5.32 Å². The van der Waals surface area contributed by atoms with Gasteiger partial charge in [0.25, 0.3) is 5.91 Å². The fourth-order valence-electron chi connectivity index (χ4n) is 2.04. The maximum absolute atomic E-state index is 12.3. The third kappa shape index (κ3) is 3.01. The van der Waals surface area contributed by atoms with Gasteiger partial charge in [-0.05, 0) is 35.7 Å². The second-order valence-electron chi connectivity index (χ2n) is 4.68. The summed E-state index contributed by atoms with van der Waals surface area (Å²) < 4.78 is 23.7. The fraction of sp³-hybridized carbons (Fsp3) is 0. The Hall–Kier alpha value is -2.22. The van der Waals surface area contributed by atoms with E-state index in [1.54, 1.807) is 12.1 Å². The minimum Gasteiger partial charge on any atom is -0.321 e. The number of benzene rings is 2. The molecule has 3 rings (SSSR count). The molecule has 3 aromatic rings. The van der Waals surface area contributed by atoms with Crippen LogP contribution in [0.1, 0.15) is 9.67 Å². The number of amides is 1. The summed E-state index contributed by atoms with van der Waals surface area (Å²) in [6.45, 7) is 0. The highest BCUT2D eigenvalue weighted by atomic mass is 32.2. The van der Waals surface area contributed by atoms with Crippen LogP contribution >= 0.6 is 11.3 Å². The van der Waals surface area contributed by atoms with Crippen molar-refractivity contribution >= 4 is 43.0 Å². The van der Waals surface area contributed by atoms with Gasteiger partial charge in [-0.2, -0.15) is 0 Å². The Bertz CT molecular complexity index is 929. The molecule has 1 heterocycles. The number of thiophene rings is 1. The van der Waals surface area contributed by atoms with E-state index < -0.39 is 10.0 Å². The van der Waals surface area contributed by atoms with Crippen molar-refractivity contribution in [3.05, 3.63) is 59.5 Å². The Morgan fingerprint density at radius 1 is 1.05 bits per heavy atom. The third-order valence-electron chi connectivity index (χ3n) is 3.07. The molecule has 0 aliphatic heterocycles. The molecule has 1 aromatic heterocycles. The summed E-state index contributed by atoms with van der Waals surface area (Å²) in [7, 11) is -3.79. The third-order valence-corrected chi connectivity index (χ3v) is 5.10. The summed E-state index contributed by atoms with van der Waals surface area (Å²) in [6, 6.07) is 15.4. The summed E-state index contributed by atoms with van der Waals surface area (Å²) in [5, 5.41) is 8.76. The second kappa shape index (κ2) is 5.53. The fourth-order valence-corrected chi connectivity index (χ4v) is 3.55. The highest BCUT2D eigenvalue weighted by molar-refractivity contribution is 7.89. The van der Waals surface area contributed by atoms with E-state index in [9.17, 15) is 13.2 Å². The van der Waals surface area contributed by atoms with Crippen LogP contribution in [0.2, 0.25) is 0 Å². The minimum atomic E-state index is -3.79. The number of sulfonamides is 1. The van der Waals surface area contributed by atoms with Gasteiger partial charge < -0.3 is 5.32 Å². The number of carbonyl (C=O) groups is 1. The van der Waals surface area contributed by atoms with Crippen molar-refractivity contribution in [2.45, 2.75) is 4.90 Å². The van der Waals surface area contributed by atoms with Crippen molar-refractivity contribution in [2.75, 3.05) is 5.32 Å². The number of fused-ring (bicyclic) bond motifs is 1. The SMILES string of the molecule is NS(=O)(=O)c1cccc(NC(=O)c2cc3ccccc3s2)c1. The van der Waals surface area contributed by atoms with Crippen LogP contribution in [0.4, 0.5) is 5.69 Å². The molecule has 0 fully saturated rings. The smallest absolute Gasteiger partial charge is 0.265 e. The first-order valence-electron chi connectivity index (χ1n) is 6.36. The second-order valence-corrected chi connectivity index (χ2v) is 7.32. The maximum Gasteiger partial charge on any atom is 0.265 e. The van der Waals surface area contributed by atoms with Crippen molar-refractivity contribution in [3.63, 3.8) is 0 Å². The standard InChI is InChI=1S/C15H12N2O3S2/c16-22(19,20)12-6-3-5-11(9-12)17-15(18)14-8-10-4-1-2-7-13(10)21-14/h1-9H,(H,17,18)(H2,16,19,20). The Balaban J connectivity index is 1.88. The number of carbonyl (C=O) groups excluding carboxylic acids is 1. The zero-order valence-corrected chi connectivity index (χ0v) is 12.9. The molecule has 0 radical (unpaired) electrons. The van der Waals surface area contributed by atoms with E-state index in [4.69, 9.17) is 5.14 Å². The van der Waals surface area contributed by atoms with Crippen molar-refractivity contribution in [1.29, 1.82) is 0 Å². The summed E-state index contributed by atoms with van der Waals surface area (Å²) in [4.78, 5) is 12.8. The normalized spacial score (nSPS) is 11.5. The number of anilines is 1. The molecule has 1 amide bonds. The topological polar surface area (TPSA) is 89.3 Å². The Labute approximate surface area is 131 Å². The molecule has 5 nitrogen and oxygen atoms in total. The molecule has 0 saturated carbocycles. The Morgan fingerprint density at radius 2 is 1.82 bits per heavy atom. The van der Waals surface area contributed by atoms with Gasteiger partial charge in [-0.25, -0.2) is 13.6 Å². The van der Waals surface area contributed by atoms with E-state index in [0.29, 0.717) is 10.6 Å². The van der Waals surface area contributed by atoms with Gasteiger partial charge in [-0.1, -0.05) is 24.3 Å². The molecular formula is C15H12N2O3S2. The number of nitrogens with one attached hydrogen (secondary N) is 1. The summed E-state index contributed by atoms with van der Waals surface area (Å²) >= 11 is 1.38. The van der Waals surface area contributed by atoms with Gasteiger partial charge in [0.05, 0.1) is 9.77 Å².